The average molecular weight is 320 g/mol. The van der Waals surface area contributed by atoms with Crippen LogP contribution in [0.3, 0.4) is 0 Å². The van der Waals surface area contributed by atoms with Gasteiger partial charge in [-0.3, -0.25) is 10.4 Å². The first kappa shape index (κ1) is 16.0. The molecule has 2 heterocycles. The highest BCUT2D eigenvalue weighted by atomic mass is 16.5. The molecule has 0 spiro atoms. The van der Waals surface area contributed by atoms with Crippen LogP contribution in [-0.2, 0) is 0 Å². The maximum Gasteiger partial charge on any atom is 0.205 e. The first-order valence-electron chi connectivity index (χ1n) is 8.14. The van der Waals surface area contributed by atoms with Crippen LogP contribution in [0.2, 0.25) is 0 Å². The molecule has 5 heteroatoms. The zero-order valence-corrected chi connectivity index (χ0v) is 13.9. The summed E-state index contributed by atoms with van der Waals surface area (Å²) >= 11 is 0. The number of hydrogen-bond acceptors (Lipinski definition) is 5. The molecule has 0 saturated carbocycles. The van der Waals surface area contributed by atoms with Crippen LogP contribution in [0.5, 0.6) is 5.75 Å². The molecule has 0 saturated heterocycles. The van der Waals surface area contributed by atoms with Crippen molar-refractivity contribution in [1.82, 2.24) is 4.98 Å². The lowest BCUT2D eigenvalue weighted by molar-refractivity contribution is 0.450. The summed E-state index contributed by atoms with van der Waals surface area (Å²) in [5, 5.41) is 17.7. The third kappa shape index (κ3) is 2.71. The highest BCUT2D eigenvalue weighted by Crippen LogP contribution is 2.43. The molecule has 2 unspecified atom stereocenters. The minimum Gasteiger partial charge on any atom is -0.442 e. The summed E-state index contributed by atoms with van der Waals surface area (Å²) < 4.78 is 5.68. The quantitative estimate of drug-likeness (QED) is 0.934. The Morgan fingerprint density at radius 3 is 2.71 bits per heavy atom. The minimum atomic E-state index is -0.638. The zero-order valence-electron chi connectivity index (χ0n) is 13.9. The first-order valence-corrected chi connectivity index (χ1v) is 8.14. The van der Waals surface area contributed by atoms with Gasteiger partial charge in [-0.2, -0.15) is 5.26 Å². The Bertz CT molecular complexity index is 778. The number of rotatable bonds is 4. The van der Waals surface area contributed by atoms with E-state index in [9.17, 15) is 5.26 Å². The molecule has 1 aliphatic rings. The second-order valence-corrected chi connectivity index (χ2v) is 5.73. The van der Waals surface area contributed by atoms with Crippen LogP contribution in [0.4, 0.5) is 5.69 Å². The monoisotopic (exact) mass is 320 g/mol. The van der Waals surface area contributed by atoms with Gasteiger partial charge in [-0.15, -0.1) is 0 Å². The first-order chi connectivity index (χ1) is 11.7. The van der Waals surface area contributed by atoms with Crippen molar-refractivity contribution in [3.63, 3.8) is 0 Å². The Balaban J connectivity index is 2.11. The molecule has 0 amide bonds. The molecule has 1 aromatic carbocycles. The van der Waals surface area contributed by atoms with Crippen LogP contribution in [0.1, 0.15) is 30.9 Å². The van der Waals surface area contributed by atoms with Gasteiger partial charge in [0.15, 0.2) is 0 Å². The van der Waals surface area contributed by atoms with Gasteiger partial charge in [0.1, 0.15) is 11.7 Å². The summed E-state index contributed by atoms with van der Waals surface area (Å²) in [6.45, 7) is 6.02. The molecule has 0 radical (unpaired) electrons. The van der Waals surface area contributed by atoms with Gasteiger partial charge in [0, 0.05) is 48.7 Å². The van der Waals surface area contributed by atoms with E-state index in [4.69, 9.17) is 10.1 Å². The lowest BCUT2D eigenvalue weighted by Crippen LogP contribution is -2.31. The average Bonchev–Trinajstić information content (AvgIpc) is 2.62. The van der Waals surface area contributed by atoms with Crippen molar-refractivity contribution < 1.29 is 4.74 Å². The van der Waals surface area contributed by atoms with E-state index in [1.54, 1.807) is 12.4 Å². The van der Waals surface area contributed by atoms with Gasteiger partial charge in [-0.25, -0.2) is 0 Å². The fourth-order valence-electron chi connectivity index (χ4n) is 3.23. The van der Waals surface area contributed by atoms with E-state index < -0.39 is 5.92 Å². The van der Waals surface area contributed by atoms with Gasteiger partial charge < -0.3 is 9.64 Å². The Kier molecular flexibility index (Phi) is 4.48. The molecule has 0 aliphatic carbocycles. The van der Waals surface area contributed by atoms with Crippen LogP contribution >= 0.6 is 0 Å². The zero-order chi connectivity index (χ0) is 17.1. The highest BCUT2D eigenvalue weighted by Gasteiger charge is 2.37. The van der Waals surface area contributed by atoms with Crippen molar-refractivity contribution >= 4 is 11.6 Å². The summed E-state index contributed by atoms with van der Waals surface area (Å²) in [6.07, 6.45) is 3.47. The number of fused-ring (bicyclic) bond motifs is 1. The largest absolute Gasteiger partial charge is 0.442 e. The van der Waals surface area contributed by atoms with Crippen molar-refractivity contribution in [2.45, 2.75) is 19.8 Å². The molecule has 2 atom stereocenters. The molecular weight excluding hydrogens is 300 g/mol. The molecular formula is C19H20N4O. The molecule has 1 N–H and O–H groups in total. The van der Waals surface area contributed by atoms with Crippen molar-refractivity contribution in [3.05, 3.63) is 53.9 Å². The normalized spacial score (nSPS) is 19.1. The predicted octanol–water partition coefficient (Wildman–Crippen LogP) is 3.57. The van der Waals surface area contributed by atoms with Crippen molar-refractivity contribution in [2.75, 3.05) is 18.0 Å². The summed E-state index contributed by atoms with van der Waals surface area (Å²) in [5.74, 6) is -0.216. The van der Waals surface area contributed by atoms with Gasteiger partial charge in [0.2, 0.25) is 5.90 Å². The van der Waals surface area contributed by atoms with Gasteiger partial charge in [-0.1, -0.05) is 12.1 Å². The van der Waals surface area contributed by atoms with E-state index in [0.29, 0.717) is 5.75 Å². The second-order valence-electron chi connectivity index (χ2n) is 5.73. The topological polar surface area (TPSA) is 73.0 Å². The fourth-order valence-corrected chi connectivity index (χ4v) is 3.23. The molecule has 1 aliphatic heterocycles. The van der Waals surface area contributed by atoms with Crippen LogP contribution in [-0.4, -0.2) is 24.0 Å². The Morgan fingerprint density at radius 1 is 1.29 bits per heavy atom. The number of ether oxygens (including phenoxy) is 1. The summed E-state index contributed by atoms with van der Waals surface area (Å²) in [7, 11) is 0. The van der Waals surface area contributed by atoms with Crippen LogP contribution in [0, 0.1) is 22.7 Å². The molecule has 5 nitrogen and oxygen atoms in total. The fraction of sp³-hybridized carbons (Fsp3) is 0.316. The number of pyridine rings is 1. The molecule has 0 fully saturated rings. The molecule has 2 aromatic rings. The lowest BCUT2D eigenvalue weighted by Gasteiger charge is -2.31. The van der Waals surface area contributed by atoms with Crippen LogP contribution in [0.25, 0.3) is 0 Å². The van der Waals surface area contributed by atoms with Gasteiger partial charge in [0.05, 0.1) is 6.07 Å². The van der Waals surface area contributed by atoms with E-state index in [1.165, 1.54) is 0 Å². The third-order valence-corrected chi connectivity index (χ3v) is 4.48. The van der Waals surface area contributed by atoms with E-state index in [2.05, 4.69) is 35.9 Å². The van der Waals surface area contributed by atoms with Crippen LogP contribution in [0.15, 0.2) is 42.7 Å². The number of nitriles is 1. The molecule has 0 bridgehead atoms. The molecule has 3 rings (SSSR count). The van der Waals surface area contributed by atoms with Crippen molar-refractivity contribution in [2.24, 2.45) is 5.92 Å². The number of aromatic nitrogens is 1. The maximum atomic E-state index is 9.54. The van der Waals surface area contributed by atoms with Crippen LogP contribution < -0.4 is 9.64 Å². The smallest absolute Gasteiger partial charge is 0.205 e. The standard InChI is InChI=1S/C19H20N4O/c1-3-23(4-2)14-7-8-15-17(10-14)24-19(21)16(11-20)18(15)13-6-5-9-22-12-13/h5-10,12,16,18,21H,3-4H2,1-2H3. The Morgan fingerprint density at radius 2 is 2.08 bits per heavy atom. The molecule has 24 heavy (non-hydrogen) atoms. The van der Waals surface area contributed by atoms with Crippen molar-refractivity contribution in [3.8, 4) is 11.8 Å². The van der Waals surface area contributed by atoms with E-state index in [1.807, 2.05) is 24.3 Å². The number of hydrogen-bond donors (Lipinski definition) is 1. The highest BCUT2D eigenvalue weighted by molar-refractivity contribution is 5.85. The number of anilines is 1. The number of nitrogens with zero attached hydrogens (tertiary/aromatic N) is 3. The van der Waals surface area contributed by atoms with E-state index in [0.717, 1.165) is 29.9 Å². The predicted molar refractivity (Wildman–Crippen MR) is 93.5 cm³/mol. The van der Waals surface area contributed by atoms with Crippen molar-refractivity contribution in [1.29, 1.82) is 10.7 Å². The lowest BCUT2D eigenvalue weighted by atomic mass is 9.79. The molecule has 122 valence electrons. The minimum absolute atomic E-state index is 0.00412. The second kappa shape index (κ2) is 6.71. The van der Waals surface area contributed by atoms with Gasteiger partial charge in [-0.05, 0) is 31.5 Å². The van der Waals surface area contributed by atoms with E-state index >= 15 is 0 Å². The Labute approximate surface area is 142 Å². The number of benzene rings is 1. The Hall–Kier alpha value is -2.87. The SMILES string of the molecule is CCN(CC)c1ccc2c(c1)OC(=N)C(C#N)C2c1cccnc1. The van der Waals surface area contributed by atoms with Gasteiger partial charge in [0.25, 0.3) is 0 Å². The summed E-state index contributed by atoms with van der Waals surface area (Å²) in [4.78, 5) is 6.39. The van der Waals surface area contributed by atoms with E-state index in [-0.39, 0.29) is 11.8 Å². The number of nitrogens with one attached hydrogen (secondary N) is 1. The maximum absolute atomic E-state index is 9.54. The third-order valence-electron chi connectivity index (χ3n) is 4.48. The van der Waals surface area contributed by atoms with Gasteiger partial charge >= 0.3 is 0 Å². The summed E-state index contributed by atoms with van der Waals surface area (Å²) in [5.41, 5.74) is 2.92. The summed E-state index contributed by atoms with van der Waals surface area (Å²) in [6, 6.07) is 12.1. The molecule has 1 aromatic heterocycles.